The fourth-order valence-corrected chi connectivity index (χ4v) is 2.00. The number of rotatable bonds is 5. The molecule has 1 rings (SSSR count). The predicted molar refractivity (Wildman–Crippen MR) is 72.1 cm³/mol. The predicted octanol–water partition coefficient (Wildman–Crippen LogP) is 1.62. The maximum atomic E-state index is 11.7. The zero-order valence-electron chi connectivity index (χ0n) is 10.0. The van der Waals surface area contributed by atoms with Crippen LogP contribution in [0.15, 0.2) is 22.7 Å². The molecule has 0 spiro atoms. The normalized spacial score (nSPS) is 10.6. The fraction of sp³-hybridized carbons (Fsp3) is 0.417. The molecule has 1 aromatic rings. The lowest BCUT2D eigenvalue weighted by Crippen LogP contribution is -2.32. The van der Waals surface area contributed by atoms with Gasteiger partial charge in [0.15, 0.2) is 0 Å². The number of carbonyl (C=O) groups excluding carboxylic acids is 1. The number of carbonyl (C=O) groups is 1. The average molecular weight is 301 g/mol. The number of anilines is 1. The molecule has 17 heavy (non-hydrogen) atoms. The molecule has 0 fully saturated rings. The van der Waals surface area contributed by atoms with Crippen LogP contribution in [0.1, 0.15) is 5.56 Å². The van der Waals surface area contributed by atoms with E-state index in [9.17, 15) is 4.79 Å². The van der Waals surface area contributed by atoms with E-state index in [-0.39, 0.29) is 19.1 Å². The number of aliphatic hydroxyl groups is 1. The van der Waals surface area contributed by atoms with Crippen LogP contribution in [0.5, 0.6) is 0 Å². The van der Waals surface area contributed by atoms with Crippen molar-refractivity contribution in [3.8, 4) is 0 Å². The molecule has 0 saturated carbocycles. The molecule has 0 aliphatic carbocycles. The number of benzene rings is 1. The van der Waals surface area contributed by atoms with Gasteiger partial charge >= 0.3 is 0 Å². The van der Waals surface area contributed by atoms with Crippen LogP contribution in [-0.4, -0.2) is 42.7 Å². The average Bonchev–Trinajstić information content (AvgIpc) is 2.22. The lowest BCUT2D eigenvalue weighted by Gasteiger charge is -2.15. The quantitative estimate of drug-likeness (QED) is 0.869. The summed E-state index contributed by atoms with van der Waals surface area (Å²) in [6.07, 6.45) is 0. The number of aryl methyl sites for hydroxylation is 1. The molecule has 0 heterocycles. The molecular weight excluding hydrogens is 284 g/mol. The standard InChI is InChI=1S/C12H17BrN2O2/c1-9-3-4-11(10(13)7-9)14-12(17)8-15(2)5-6-16/h3-4,7,16H,5-6,8H2,1-2H3,(H,14,17). The molecule has 94 valence electrons. The molecule has 0 unspecified atom stereocenters. The van der Waals surface area contributed by atoms with Gasteiger partial charge in [0.25, 0.3) is 0 Å². The highest BCUT2D eigenvalue weighted by Gasteiger charge is 2.08. The molecule has 0 radical (unpaired) electrons. The van der Waals surface area contributed by atoms with Crippen molar-refractivity contribution in [1.29, 1.82) is 0 Å². The molecule has 1 amide bonds. The monoisotopic (exact) mass is 300 g/mol. The van der Waals surface area contributed by atoms with Gasteiger partial charge in [0, 0.05) is 11.0 Å². The Morgan fingerprint density at radius 3 is 2.82 bits per heavy atom. The number of nitrogens with one attached hydrogen (secondary N) is 1. The van der Waals surface area contributed by atoms with Gasteiger partial charge in [0.05, 0.1) is 18.8 Å². The summed E-state index contributed by atoms with van der Waals surface area (Å²) in [6, 6.07) is 5.76. The van der Waals surface area contributed by atoms with Crippen molar-refractivity contribution in [3.05, 3.63) is 28.2 Å². The van der Waals surface area contributed by atoms with E-state index in [1.54, 1.807) is 11.9 Å². The molecule has 0 aromatic heterocycles. The van der Waals surface area contributed by atoms with Gasteiger partial charge in [-0.3, -0.25) is 9.69 Å². The van der Waals surface area contributed by atoms with E-state index in [1.165, 1.54) is 0 Å². The summed E-state index contributed by atoms with van der Waals surface area (Å²) in [5.41, 5.74) is 1.89. The van der Waals surface area contributed by atoms with Gasteiger partial charge in [0.1, 0.15) is 0 Å². The summed E-state index contributed by atoms with van der Waals surface area (Å²) in [7, 11) is 1.79. The highest BCUT2D eigenvalue weighted by molar-refractivity contribution is 9.10. The lowest BCUT2D eigenvalue weighted by atomic mass is 10.2. The van der Waals surface area contributed by atoms with Gasteiger partial charge in [-0.05, 0) is 47.6 Å². The molecule has 1 aromatic carbocycles. The van der Waals surface area contributed by atoms with Crippen molar-refractivity contribution in [3.63, 3.8) is 0 Å². The molecule has 2 N–H and O–H groups in total. The Balaban J connectivity index is 2.56. The molecule has 0 aliphatic rings. The van der Waals surface area contributed by atoms with Crippen LogP contribution in [0.25, 0.3) is 0 Å². The molecule has 0 saturated heterocycles. The third kappa shape index (κ3) is 4.85. The van der Waals surface area contributed by atoms with Crippen LogP contribution in [0.4, 0.5) is 5.69 Å². The topological polar surface area (TPSA) is 52.6 Å². The molecule has 4 nitrogen and oxygen atoms in total. The van der Waals surface area contributed by atoms with Crippen molar-refractivity contribution in [2.45, 2.75) is 6.92 Å². The van der Waals surface area contributed by atoms with Crippen LogP contribution < -0.4 is 5.32 Å². The Morgan fingerprint density at radius 2 is 2.24 bits per heavy atom. The molecule has 0 aliphatic heterocycles. The summed E-state index contributed by atoms with van der Waals surface area (Å²) < 4.78 is 0.871. The van der Waals surface area contributed by atoms with Gasteiger partial charge in [-0.25, -0.2) is 0 Å². The summed E-state index contributed by atoms with van der Waals surface area (Å²) in [6.45, 7) is 2.80. The van der Waals surface area contributed by atoms with E-state index >= 15 is 0 Å². The lowest BCUT2D eigenvalue weighted by molar-refractivity contribution is -0.117. The third-order valence-electron chi connectivity index (χ3n) is 2.29. The van der Waals surface area contributed by atoms with Crippen LogP contribution in [0.3, 0.4) is 0 Å². The van der Waals surface area contributed by atoms with Crippen molar-refractivity contribution >= 4 is 27.5 Å². The second-order valence-electron chi connectivity index (χ2n) is 3.99. The van der Waals surface area contributed by atoms with Gasteiger partial charge < -0.3 is 10.4 Å². The number of amides is 1. The Kier molecular flexibility index (Phi) is 5.61. The van der Waals surface area contributed by atoms with Crippen LogP contribution >= 0.6 is 15.9 Å². The van der Waals surface area contributed by atoms with E-state index in [4.69, 9.17) is 5.11 Å². The number of aliphatic hydroxyl groups excluding tert-OH is 1. The second-order valence-corrected chi connectivity index (χ2v) is 4.85. The minimum atomic E-state index is -0.0921. The Labute approximate surface area is 110 Å². The molecule has 0 atom stereocenters. The number of hydrogen-bond donors (Lipinski definition) is 2. The first kappa shape index (κ1) is 14.2. The zero-order valence-corrected chi connectivity index (χ0v) is 11.6. The summed E-state index contributed by atoms with van der Waals surface area (Å²) in [5, 5.41) is 11.6. The van der Waals surface area contributed by atoms with Crippen LogP contribution in [0.2, 0.25) is 0 Å². The van der Waals surface area contributed by atoms with Gasteiger partial charge in [0.2, 0.25) is 5.91 Å². The van der Waals surface area contributed by atoms with Gasteiger partial charge in [-0.2, -0.15) is 0 Å². The highest BCUT2D eigenvalue weighted by Crippen LogP contribution is 2.23. The summed E-state index contributed by atoms with van der Waals surface area (Å²) in [5.74, 6) is -0.0921. The van der Waals surface area contributed by atoms with Crippen LogP contribution in [0, 0.1) is 6.92 Å². The van der Waals surface area contributed by atoms with Gasteiger partial charge in [-0.15, -0.1) is 0 Å². The minimum absolute atomic E-state index is 0.0536. The summed E-state index contributed by atoms with van der Waals surface area (Å²) >= 11 is 3.40. The second kappa shape index (κ2) is 6.74. The maximum absolute atomic E-state index is 11.7. The molecule has 5 heteroatoms. The third-order valence-corrected chi connectivity index (χ3v) is 2.95. The Bertz CT molecular complexity index is 396. The van der Waals surface area contributed by atoms with E-state index in [2.05, 4.69) is 21.2 Å². The summed E-state index contributed by atoms with van der Waals surface area (Å²) in [4.78, 5) is 13.4. The fourth-order valence-electron chi connectivity index (χ4n) is 1.41. The first-order chi connectivity index (χ1) is 8.02. The van der Waals surface area contributed by atoms with E-state index in [0.717, 1.165) is 15.7 Å². The number of likely N-dealkylation sites (N-methyl/N-ethyl adjacent to an activating group) is 1. The Morgan fingerprint density at radius 1 is 1.53 bits per heavy atom. The number of hydrogen-bond acceptors (Lipinski definition) is 3. The molecule has 0 bridgehead atoms. The Hall–Kier alpha value is -0.910. The molecular formula is C12H17BrN2O2. The van der Waals surface area contributed by atoms with Crippen molar-refractivity contribution < 1.29 is 9.90 Å². The largest absolute Gasteiger partial charge is 0.395 e. The maximum Gasteiger partial charge on any atom is 0.238 e. The smallest absolute Gasteiger partial charge is 0.238 e. The number of nitrogens with zero attached hydrogens (tertiary/aromatic N) is 1. The van der Waals surface area contributed by atoms with E-state index in [1.807, 2.05) is 25.1 Å². The van der Waals surface area contributed by atoms with Crippen molar-refractivity contribution in [2.24, 2.45) is 0 Å². The SMILES string of the molecule is Cc1ccc(NC(=O)CN(C)CCO)c(Br)c1. The van der Waals surface area contributed by atoms with E-state index < -0.39 is 0 Å². The van der Waals surface area contributed by atoms with Gasteiger partial charge in [-0.1, -0.05) is 6.07 Å². The first-order valence-electron chi connectivity index (χ1n) is 5.38. The highest BCUT2D eigenvalue weighted by atomic mass is 79.9. The first-order valence-corrected chi connectivity index (χ1v) is 6.17. The van der Waals surface area contributed by atoms with Crippen molar-refractivity contribution in [2.75, 3.05) is 32.1 Å². The van der Waals surface area contributed by atoms with E-state index in [0.29, 0.717) is 6.54 Å². The van der Waals surface area contributed by atoms with Crippen LogP contribution in [-0.2, 0) is 4.79 Å². The number of halogens is 1. The van der Waals surface area contributed by atoms with Crippen molar-refractivity contribution in [1.82, 2.24) is 4.90 Å². The minimum Gasteiger partial charge on any atom is -0.395 e. The zero-order chi connectivity index (χ0) is 12.8.